The Hall–Kier alpha value is -3.37. The van der Waals surface area contributed by atoms with Crippen LogP contribution in [0, 0.1) is 5.92 Å². The van der Waals surface area contributed by atoms with E-state index in [-0.39, 0.29) is 41.2 Å². The van der Waals surface area contributed by atoms with Gasteiger partial charge in [-0.15, -0.1) is 0 Å². The van der Waals surface area contributed by atoms with E-state index in [2.05, 4.69) is 9.71 Å². The van der Waals surface area contributed by atoms with Crippen molar-refractivity contribution in [1.29, 1.82) is 0 Å². The maximum atomic E-state index is 14.2. The monoisotopic (exact) mass is 675 g/mol. The standard InChI is InChI=1S/C30H44F3N5O7S/c1-20-15-38(21(2)18-39)29(41)24-14-23(35-46(42,43)27-17-36(4)19-34-27)9-10-25(24)45-22(3)8-6-7-13-44-26(20)16-37(5)28(40)11-12-30(31,32)33/h9-10,14,17,19-22,26,35,39H,6-8,11-13,15-16,18H2,1-5H3/t20-,21-,22-,26+/m0/s1. The van der Waals surface area contributed by atoms with Gasteiger partial charge in [0.2, 0.25) is 5.91 Å². The molecule has 0 radical (unpaired) electrons. The number of fused-ring (bicyclic) bond motifs is 1. The summed E-state index contributed by atoms with van der Waals surface area (Å²) in [5.74, 6) is -1.40. The summed E-state index contributed by atoms with van der Waals surface area (Å²) in [6.07, 6.45) is -2.67. The van der Waals surface area contributed by atoms with Crippen LogP contribution >= 0.6 is 0 Å². The second-order valence-corrected chi connectivity index (χ2v) is 13.5. The molecule has 0 aliphatic carbocycles. The minimum Gasteiger partial charge on any atom is -0.490 e. The average Bonchev–Trinajstić information content (AvgIpc) is 3.44. The van der Waals surface area contributed by atoms with Crippen molar-refractivity contribution in [1.82, 2.24) is 19.4 Å². The zero-order valence-corrected chi connectivity index (χ0v) is 27.6. The number of carbonyl (C=O) groups is 2. The van der Waals surface area contributed by atoms with Gasteiger partial charge >= 0.3 is 6.18 Å². The van der Waals surface area contributed by atoms with Crippen LogP contribution in [0.1, 0.15) is 63.2 Å². The first kappa shape index (κ1) is 37.1. The molecule has 0 saturated carbocycles. The number of anilines is 1. The lowest BCUT2D eigenvalue weighted by molar-refractivity contribution is -0.149. The summed E-state index contributed by atoms with van der Waals surface area (Å²) >= 11 is 0. The molecule has 258 valence electrons. The summed E-state index contributed by atoms with van der Waals surface area (Å²) in [6.45, 7) is 5.28. The number of carbonyl (C=O) groups excluding carboxylic acids is 2. The Bertz CT molecular complexity index is 1440. The number of aliphatic hydroxyl groups is 1. The Morgan fingerprint density at radius 2 is 1.98 bits per heavy atom. The predicted molar refractivity (Wildman–Crippen MR) is 164 cm³/mol. The lowest BCUT2D eigenvalue weighted by atomic mass is 10.0. The molecule has 46 heavy (non-hydrogen) atoms. The molecule has 2 aromatic rings. The smallest absolute Gasteiger partial charge is 0.389 e. The fourth-order valence-electron chi connectivity index (χ4n) is 4.99. The fourth-order valence-corrected chi connectivity index (χ4v) is 6.03. The number of aliphatic hydroxyl groups excluding tert-OH is 1. The van der Waals surface area contributed by atoms with E-state index in [1.165, 1.54) is 52.1 Å². The molecule has 2 N–H and O–H groups in total. The van der Waals surface area contributed by atoms with Gasteiger partial charge in [0.05, 0.1) is 43.2 Å². The van der Waals surface area contributed by atoms with Crippen LogP contribution in [0.15, 0.2) is 35.7 Å². The van der Waals surface area contributed by atoms with Gasteiger partial charge in [0.1, 0.15) is 5.75 Å². The number of rotatable bonds is 9. The second kappa shape index (κ2) is 16.0. The number of ether oxygens (including phenoxy) is 2. The molecule has 3 rings (SSSR count). The van der Waals surface area contributed by atoms with Crippen LogP contribution in [-0.4, -0.2) is 102 Å². The summed E-state index contributed by atoms with van der Waals surface area (Å²) in [5, 5.41) is 9.89. The van der Waals surface area contributed by atoms with Crippen molar-refractivity contribution in [3.8, 4) is 5.75 Å². The molecule has 1 aromatic carbocycles. The molecule has 2 heterocycles. The van der Waals surface area contributed by atoms with E-state index in [1.54, 1.807) is 20.9 Å². The molecule has 16 heteroatoms. The summed E-state index contributed by atoms with van der Waals surface area (Å²) in [7, 11) is -1.03. The number of aryl methyl sites for hydroxylation is 1. The third-order valence-corrected chi connectivity index (χ3v) is 9.03. The Morgan fingerprint density at radius 3 is 2.61 bits per heavy atom. The number of benzene rings is 1. The number of alkyl halides is 3. The summed E-state index contributed by atoms with van der Waals surface area (Å²) in [6, 6.07) is 3.69. The molecule has 0 unspecified atom stereocenters. The second-order valence-electron chi connectivity index (χ2n) is 11.9. The van der Waals surface area contributed by atoms with Crippen LogP contribution in [0.3, 0.4) is 0 Å². The van der Waals surface area contributed by atoms with E-state index in [4.69, 9.17) is 9.47 Å². The van der Waals surface area contributed by atoms with Crippen molar-refractivity contribution in [2.45, 2.75) is 82.3 Å². The highest BCUT2D eigenvalue weighted by atomic mass is 32.2. The molecule has 4 atom stereocenters. The van der Waals surface area contributed by atoms with Gasteiger partial charge in [0.15, 0.2) is 5.03 Å². The summed E-state index contributed by atoms with van der Waals surface area (Å²) < 4.78 is 80.4. The number of imidazole rings is 1. The largest absolute Gasteiger partial charge is 0.490 e. The molecule has 12 nitrogen and oxygen atoms in total. The minimum atomic E-state index is -4.46. The number of likely N-dealkylation sites (N-methyl/N-ethyl adjacent to an activating group) is 1. The van der Waals surface area contributed by atoms with E-state index >= 15 is 0 Å². The van der Waals surface area contributed by atoms with Gasteiger partial charge in [0.25, 0.3) is 15.9 Å². The lowest BCUT2D eigenvalue weighted by Gasteiger charge is -2.36. The van der Waals surface area contributed by atoms with E-state index in [0.29, 0.717) is 25.9 Å². The van der Waals surface area contributed by atoms with Gasteiger partial charge in [-0.1, -0.05) is 6.92 Å². The average molecular weight is 676 g/mol. The first-order valence-electron chi connectivity index (χ1n) is 15.2. The van der Waals surface area contributed by atoms with Crippen LogP contribution in [0.25, 0.3) is 0 Å². The number of aromatic nitrogens is 2. The van der Waals surface area contributed by atoms with E-state index < -0.39 is 65.5 Å². The van der Waals surface area contributed by atoms with Crippen molar-refractivity contribution >= 4 is 27.5 Å². The van der Waals surface area contributed by atoms with Gasteiger partial charge in [-0.3, -0.25) is 14.3 Å². The van der Waals surface area contributed by atoms with E-state index in [1.807, 2.05) is 6.92 Å². The number of sulfonamides is 1. The van der Waals surface area contributed by atoms with Gasteiger partial charge in [-0.05, 0) is 51.3 Å². The highest BCUT2D eigenvalue weighted by molar-refractivity contribution is 7.92. The molecule has 0 spiro atoms. The molecule has 0 fully saturated rings. The Kier molecular flexibility index (Phi) is 12.9. The number of nitrogens with one attached hydrogen (secondary N) is 1. The maximum absolute atomic E-state index is 14.2. The Labute approximate surface area is 267 Å². The molecule has 2 amide bonds. The first-order chi connectivity index (χ1) is 21.5. The third-order valence-electron chi connectivity index (χ3n) is 7.76. The van der Waals surface area contributed by atoms with Gasteiger partial charge < -0.3 is 28.9 Å². The van der Waals surface area contributed by atoms with Crippen molar-refractivity contribution < 1.29 is 45.8 Å². The highest BCUT2D eigenvalue weighted by Gasteiger charge is 2.33. The lowest BCUT2D eigenvalue weighted by Crippen LogP contribution is -2.48. The maximum Gasteiger partial charge on any atom is 0.389 e. The van der Waals surface area contributed by atoms with Gasteiger partial charge in [-0.2, -0.15) is 21.6 Å². The van der Waals surface area contributed by atoms with Crippen molar-refractivity contribution in [2.75, 3.05) is 38.1 Å². The zero-order valence-electron chi connectivity index (χ0n) is 26.8. The highest BCUT2D eigenvalue weighted by Crippen LogP contribution is 2.29. The minimum absolute atomic E-state index is 0.00292. The number of nitrogens with zero attached hydrogens (tertiary/aromatic N) is 4. The van der Waals surface area contributed by atoms with Crippen molar-refractivity contribution in [3.05, 3.63) is 36.3 Å². The molecule has 1 aromatic heterocycles. The first-order valence-corrected chi connectivity index (χ1v) is 16.6. The van der Waals surface area contributed by atoms with Crippen LogP contribution < -0.4 is 9.46 Å². The molecular weight excluding hydrogens is 631 g/mol. The van der Waals surface area contributed by atoms with E-state index in [0.717, 1.165) is 0 Å². The van der Waals surface area contributed by atoms with Crippen LogP contribution in [0.4, 0.5) is 18.9 Å². The van der Waals surface area contributed by atoms with Crippen LogP contribution in [0.2, 0.25) is 0 Å². The van der Waals surface area contributed by atoms with Crippen molar-refractivity contribution in [3.63, 3.8) is 0 Å². The molecule has 0 saturated heterocycles. The number of amides is 2. The zero-order chi connectivity index (χ0) is 34.2. The Morgan fingerprint density at radius 1 is 1.26 bits per heavy atom. The summed E-state index contributed by atoms with van der Waals surface area (Å²) in [5.41, 5.74) is 0.162. The predicted octanol–water partition coefficient (Wildman–Crippen LogP) is 3.82. The van der Waals surface area contributed by atoms with Crippen LogP contribution in [-0.2, 0) is 26.6 Å². The molecule has 0 bridgehead atoms. The van der Waals surface area contributed by atoms with Crippen molar-refractivity contribution in [2.24, 2.45) is 13.0 Å². The number of hydrogen-bond donors (Lipinski definition) is 2. The number of halogens is 3. The fraction of sp³-hybridized carbons (Fsp3) is 0.633. The van der Waals surface area contributed by atoms with Gasteiger partial charge in [-0.25, -0.2) is 4.98 Å². The molecule has 1 aliphatic rings. The van der Waals surface area contributed by atoms with E-state index in [9.17, 15) is 36.3 Å². The quantitative estimate of drug-likeness (QED) is 0.409. The Balaban J connectivity index is 1.95. The molecule has 1 aliphatic heterocycles. The number of hydrogen-bond acceptors (Lipinski definition) is 8. The molecular formula is C30H44F3N5O7S. The van der Waals surface area contributed by atoms with Crippen LogP contribution in [0.5, 0.6) is 5.75 Å². The third kappa shape index (κ3) is 10.6. The SMILES string of the molecule is C[C@H]1CCCCO[C@H](CN(C)C(=O)CCC(F)(F)F)[C@@H](C)CN([C@@H](C)CO)C(=O)c2cc(NS(=O)(=O)c3cn(C)cn3)ccc2O1. The topological polar surface area (TPSA) is 143 Å². The normalized spacial score (nSPS) is 21.1. The summed E-state index contributed by atoms with van der Waals surface area (Å²) in [4.78, 5) is 33.2. The van der Waals surface area contributed by atoms with Gasteiger partial charge in [0, 0.05) is 58.0 Å².